The molecule has 1 atom stereocenters. The van der Waals surface area contributed by atoms with Crippen LogP contribution in [-0.2, 0) is 17.9 Å². The smallest absolute Gasteiger partial charge is 0.321 e. The molecule has 0 aliphatic carbocycles. The lowest BCUT2D eigenvalue weighted by Gasteiger charge is -2.23. The SMILES string of the molecule is NC(CN(Cc1ccccn1)Cc1ccccn1)C(=O)O. The number of nitrogens with two attached hydrogens (primary N) is 1. The van der Waals surface area contributed by atoms with E-state index in [0.717, 1.165) is 11.4 Å². The third-order valence-corrected chi connectivity index (χ3v) is 3.00. The topological polar surface area (TPSA) is 92.3 Å². The lowest BCUT2D eigenvalue weighted by atomic mass is 10.2. The van der Waals surface area contributed by atoms with E-state index in [1.807, 2.05) is 41.3 Å². The number of carbonyl (C=O) groups is 1. The van der Waals surface area contributed by atoms with Crippen LogP contribution in [0.15, 0.2) is 48.8 Å². The summed E-state index contributed by atoms with van der Waals surface area (Å²) >= 11 is 0. The zero-order valence-corrected chi connectivity index (χ0v) is 11.6. The maximum atomic E-state index is 11.0. The van der Waals surface area contributed by atoms with Crippen molar-refractivity contribution >= 4 is 5.97 Å². The molecule has 0 bridgehead atoms. The third-order valence-electron chi connectivity index (χ3n) is 3.00. The van der Waals surface area contributed by atoms with Crippen molar-refractivity contribution in [1.29, 1.82) is 0 Å². The van der Waals surface area contributed by atoms with Gasteiger partial charge >= 0.3 is 5.97 Å². The minimum atomic E-state index is -1.01. The Bertz CT molecular complexity index is 521. The van der Waals surface area contributed by atoms with Crippen LogP contribution >= 0.6 is 0 Å². The summed E-state index contributed by atoms with van der Waals surface area (Å²) in [5, 5.41) is 8.98. The van der Waals surface area contributed by atoms with Gasteiger partial charge in [-0.05, 0) is 24.3 Å². The number of carboxylic acid groups (broad SMARTS) is 1. The number of rotatable bonds is 7. The van der Waals surface area contributed by atoms with Crippen LogP contribution in [0.2, 0.25) is 0 Å². The molecular weight excluding hydrogens is 268 g/mol. The van der Waals surface area contributed by atoms with Crippen molar-refractivity contribution in [3.8, 4) is 0 Å². The van der Waals surface area contributed by atoms with Crippen molar-refractivity contribution in [1.82, 2.24) is 14.9 Å². The van der Waals surface area contributed by atoms with Crippen LogP contribution in [0.3, 0.4) is 0 Å². The highest BCUT2D eigenvalue weighted by Crippen LogP contribution is 2.07. The molecule has 21 heavy (non-hydrogen) atoms. The average Bonchev–Trinajstić information content (AvgIpc) is 2.49. The predicted molar refractivity (Wildman–Crippen MR) is 78.2 cm³/mol. The van der Waals surface area contributed by atoms with Crippen molar-refractivity contribution < 1.29 is 9.90 Å². The number of aromatic nitrogens is 2. The summed E-state index contributed by atoms with van der Waals surface area (Å²) in [5.41, 5.74) is 7.38. The largest absolute Gasteiger partial charge is 0.480 e. The molecule has 2 aromatic rings. The maximum absolute atomic E-state index is 11.0. The lowest BCUT2D eigenvalue weighted by Crippen LogP contribution is -2.42. The number of pyridine rings is 2. The van der Waals surface area contributed by atoms with Gasteiger partial charge in [0.25, 0.3) is 0 Å². The van der Waals surface area contributed by atoms with Gasteiger partial charge in [-0.25, -0.2) is 0 Å². The Hall–Kier alpha value is -2.31. The second-order valence-electron chi connectivity index (χ2n) is 4.76. The van der Waals surface area contributed by atoms with Gasteiger partial charge in [-0.3, -0.25) is 19.7 Å². The fourth-order valence-electron chi connectivity index (χ4n) is 1.98. The van der Waals surface area contributed by atoms with Crippen LogP contribution in [0.1, 0.15) is 11.4 Å². The summed E-state index contributed by atoms with van der Waals surface area (Å²) in [7, 11) is 0. The van der Waals surface area contributed by atoms with E-state index in [9.17, 15) is 4.79 Å². The van der Waals surface area contributed by atoms with E-state index in [0.29, 0.717) is 13.1 Å². The number of nitrogens with zero attached hydrogens (tertiary/aromatic N) is 3. The molecule has 0 saturated carbocycles. The molecule has 2 heterocycles. The minimum Gasteiger partial charge on any atom is -0.480 e. The fraction of sp³-hybridized carbons (Fsp3) is 0.267. The molecule has 0 amide bonds. The number of aliphatic carboxylic acids is 1. The first-order valence-corrected chi connectivity index (χ1v) is 6.65. The van der Waals surface area contributed by atoms with E-state index in [2.05, 4.69) is 9.97 Å². The Morgan fingerprint density at radius 3 is 2.00 bits per heavy atom. The van der Waals surface area contributed by atoms with Crippen LogP contribution in [0.25, 0.3) is 0 Å². The summed E-state index contributed by atoms with van der Waals surface area (Å²) in [6, 6.07) is 10.4. The van der Waals surface area contributed by atoms with Crippen molar-refractivity contribution in [3.05, 3.63) is 60.2 Å². The molecule has 0 radical (unpaired) electrons. The molecule has 1 unspecified atom stereocenters. The van der Waals surface area contributed by atoms with Crippen LogP contribution in [0.4, 0.5) is 0 Å². The van der Waals surface area contributed by atoms with Gasteiger partial charge in [0.1, 0.15) is 6.04 Å². The Morgan fingerprint density at radius 2 is 1.62 bits per heavy atom. The normalized spacial score (nSPS) is 12.3. The quantitative estimate of drug-likeness (QED) is 0.785. The second kappa shape index (κ2) is 7.47. The molecule has 0 aliphatic rings. The summed E-state index contributed by atoms with van der Waals surface area (Å²) in [5.74, 6) is -1.01. The zero-order valence-electron chi connectivity index (χ0n) is 11.6. The molecule has 2 rings (SSSR count). The molecule has 0 fully saturated rings. The van der Waals surface area contributed by atoms with Crippen LogP contribution in [-0.4, -0.2) is 38.5 Å². The molecule has 0 aliphatic heterocycles. The van der Waals surface area contributed by atoms with Crippen molar-refractivity contribution in [2.24, 2.45) is 5.73 Å². The monoisotopic (exact) mass is 286 g/mol. The van der Waals surface area contributed by atoms with E-state index in [-0.39, 0.29) is 6.54 Å². The molecule has 6 heteroatoms. The first-order chi connectivity index (χ1) is 10.1. The van der Waals surface area contributed by atoms with Crippen molar-refractivity contribution in [2.75, 3.05) is 6.54 Å². The van der Waals surface area contributed by atoms with Gasteiger partial charge in [-0.2, -0.15) is 0 Å². The standard InChI is InChI=1S/C15H18N4O2/c16-14(15(20)21)11-19(9-12-5-1-3-7-17-12)10-13-6-2-4-8-18-13/h1-8,14H,9-11,16H2,(H,20,21). The molecular formula is C15H18N4O2. The van der Waals surface area contributed by atoms with Gasteiger partial charge < -0.3 is 10.8 Å². The number of hydrogen-bond donors (Lipinski definition) is 2. The Morgan fingerprint density at radius 1 is 1.10 bits per heavy atom. The van der Waals surface area contributed by atoms with Crippen LogP contribution < -0.4 is 5.73 Å². The van der Waals surface area contributed by atoms with E-state index >= 15 is 0 Å². The molecule has 6 nitrogen and oxygen atoms in total. The van der Waals surface area contributed by atoms with Crippen LogP contribution in [0, 0.1) is 0 Å². The summed E-state index contributed by atoms with van der Waals surface area (Å²) in [6.07, 6.45) is 3.43. The Balaban J connectivity index is 2.08. The first-order valence-electron chi connectivity index (χ1n) is 6.65. The third kappa shape index (κ3) is 4.94. The van der Waals surface area contributed by atoms with E-state index in [4.69, 9.17) is 10.8 Å². The molecule has 0 spiro atoms. The van der Waals surface area contributed by atoms with Gasteiger partial charge in [0, 0.05) is 32.0 Å². The van der Waals surface area contributed by atoms with Gasteiger partial charge in [0.05, 0.1) is 11.4 Å². The second-order valence-corrected chi connectivity index (χ2v) is 4.76. The average molecular weight is 286 g/mol. The van der Waals surface area contributed by atoms with Crippen molar-refractivity contribution in [2.45, 2.75) is 19.1 Å². The van der Waals surface area contributed by atoms with E-state index in [1.165, 1.54) is 0 Å². The van der Waals surface area contributed by atoms with Crippen LogP contribution in [0.5, 0.6) is 0 Å². The van der Waals surface area contributed by atoms with Gasteiger partial charge in [-0.1, -0.05) is 12.1 Å². The van der Waals surface area contributed by atoms with E-state index in [1.54, 1.807) is 12.4 Å². The highest BCUT2D eigenvalue weighted by atomic mass is 16.4. The highest BCUT2D eigenvalue weighted by Gasteiger charge is 2.17. The molecule has 0 aromatic carbocycles. The molecule has 110 valence electrons. The summed E-state index contributed by atoms with van der Waals surface area (Å²) < 4.78 is 0. The summed E-state index contributed by atoms with van der Waals surface area (Å²) in [4.78, 5) is 21.4. The maximum Gasteiger partial charge on any atom is 0.321 e. The highest BCUT2D eigenvalue weighted by molar-refractivity contribution is 5.73. The van der Waals surface area contributed by atoms with Crippen molar-refractivity contribution in [3.63, 3.8) is 0 Å². The minimum absolute atomic E-state index is 0.239. The van der Waals surface area contributed by atoms with Gasteiger partial charge in [0.2, 0.25) is 0 Å². The molecule has 0 saturated heterocycles. The fourth-order valence-corrected chi connectivity index (χ4v) is 1.98. The zero-order chi connectivity index (χ0) is 15.1. The predicted octanol–water partition coefficient (Wildman–Crippen LogP) is 0.891. The lowest BCUT2D eigenvalue weighted by molar-refractivity contribution is -0.139. The number of carboxylic acids is 1. The van der Waals surface area contributed by atoms with Gasteiger partial charge in [-0.15, -0.1) is 0 Å². The summed E-state index contributed by atoms with van der Waals surface area (Å²) in [6.45, 7) is 1.29. The Labute approximate surface area is 123 Å². The molecule has 3 N–H and O–H groups in total. The number of hydrogen-bond acceptors (Lipinski definition) is 5. The first kappa shape index (κ1) is 15.1. The van der Waals surface area contributed by atoms with Gasteiger partial charge in [0.15, 0.2) is 0 Å². The Kier molecular flexibility index (Phi) is 5.36. The van der Waals surface area contributed by atoms with E-state index < -0.39 is 12.0 Å². The molecule has 2 aromatic heterocycles.